The number of pyridine rings is 2. The number of para-hydroxylation sites is 1. The molecule has 0 aliphatic carbocycles. The van der Waals surface area contributed by atoms with Crippen molar-refractivity contribution in [1.82, 2.24) is 19.1 Å². The predicted octanol–water partition coefficient (Wildman–Crippen LogP) is 3.23. The third-order valence-electron chi connectivity index (χ3n) is 5.34. The average Bonchev–Trinajstić information content (AvgIpc) is 3.31. The van der Waals surface area contributed by atoms with E-state index in [1.807, 2.05) is 24.7 Å². The molecule has 0 atom stereocenters. The molecule has 5 nitrogen and oxygen atoms in total. The quantitative estimate of drug-likeness (QED) is 0.432. The highest BCUT2D eigenvalue weighted by Gasteiger charge is 2.37. The summed E-state index contributed by atoms with van der Waals surface area (Å²) in [6, 6.07) is 16.8. The van der Waals surface area contributed by atoms with Crippen LogP contribution in [0.3, 0.4) is 0 Å². The zero-order valence-corrected chi connectivity index (χ0v) is 14.3. The van der Waals surface area contributed by atoms with Crippen LogP contribution in [0.1, 0.15) is 5.56 Å². The molecule has 0 radical (unpaired) electrons. The minimum atomic E-state index is 0.840. The summed E-state index contributed by atoms with van der Waals surface area (Å²) in [6.45, 7) is 0.840. The van der Waals surface area contributed by atoms with Crippen molar-refractivity contribution in [3.8, 4) is 17.2 Å². The third kappa shape index (κ3) is 1.57. The Balaban J connectivity index is 1.87. The summed E-state index contributed by atoms with van der Waals surface area (Å²) in [7, 11) is 2.13. The van der Waals surface area contributed by atoms with Gasteiger partial charge >= 0.3 is 0 Å². The lowest BCUT2D eigenvalue weighted by Crippen LogP contribution is -2.33. The molecule has 4 aromatic heterocycles. The maximum atomic E-state index is 4.70. The molecule has 0 unspecified atom stereocenters. The number of nitrogens with zero attached hydrogens (tertiary/aromatic N) is 5. The van der Waals surface area contributed by atoms with Gasteiger partial charge in [0.1, 0.15) is 16.9 Å². The molecular formula is C21H16N5+. The topological polar surface area (TPSA) is 39.5 Å². The van der Waals surface area contributed by atoms with Crippen molar-refractivity contribution in [3.05, 3.63) is 72.7 Å². The molecule has 1 aliphatic heterocycles. The number of aryl methyl sites for hydroxylation is 1. The fraction of sp³-hybridized carbons (Fsp3) is 0.0952. The Morgan fingerprint density at radius 1 is 1.00 bits per heavy atom. The average molecular weight is 338 g/mol. The van der Waals surface area contributed by atoms with Gasteiger partial charge in [-0.2, -0.15) is 0 Å². The Morgan fingerprint density at radius 3 is 2.77 bits per heavy atom. The van der Waals surface area contributed by atoms with Crippen LogP contribution in [0.5, 0.6) is 0 Å². The van der Waals surface area contributed by atoms with E-state index < -0.39 is 0 Å². The summed E-state index contributed by atoms with van der Waals surface area (Å²) in [5.41, 5.74) is 7.04. The van der Waals surface area contributed by atoms with Gasteiger partial charge in [-0.25, -0.2) is 14.1 Å². The van der Waals surface area contributed by atoms with Crippen LogP contribution in [0.4, 0.5) is 0 Å². The predicted molar refractivity (Wildman–Crippen MR) is 100 cm³/mol. The highest BCUT2D eigenvalue weighted by Crippen LogP contribution is 2.36. The second-order valence-corrected chi connectivity index (χ2v) is 6.72. The number of hydrogen-bond donors (Lipinski definition) is 0. The number of hydrogen-bond acceptors (Lipinski definition) is 2. The van der Waals surface area contributed by atoms with E-state index >= 15 is 0 Å². The van der Waals surface area contributed by atoms with Gasteiger partial charge in [-0.05, 0) is 24.3 Å². The number of rotatable bonds is 1. The Morgan fingerprint density at radius 2 is 1.88 bits per heavy atom. The lowest BCUT2D eigenvalue weighted by Gasteiger charge is -2.03. The van der Waals surface area contributed by atoms with Crippen LogP contribution in [0.25, 0.3) is 39.3 Å². The molecule has 124 valence electrons. The maximum absolute atomic E-state index is 4.70. The van der Waals surface area contributed by atoms with E-state index in [0.717, 1.165) is 29.1 Å². The SMILES string of the molecule is Cn1c2ccncc2c2c1[n+]1c(n2-c2ccccc2)-c2ncccc2C1. The summed E-state index contributed by atoms with van der Waals surface area (Å²) in [5.74, 6) is 1.14. The van der Waals surface area contributed by atoms with Crippen molar-refractivity contribution >= 4 is 22.1 Å². The van der Waals surface area contributed by atoms with Crippen molar-refractivity contribution in [2.45, 2.75) is 6.54 Å². The molecule has 6 rings (SSSR count). The van der Waals surface area contributed by atoms with Gasteiger partial charge in [0.25, 0.3) is 11.5 Å². The van der Waals surface area contributed by atoms with Crippen LogP contribution < -0.4 is 4.57 Å². The second-order valence-electron chi connectivity index (χ2n) is 6.72. The van der Waals surface area contributed by atoms with Gasteiger partial charge in [-0.3, -0.25) is 9.55 Å². The van der Waals surface area contributed by atoms with Gasteiger partial charge in [0, 0.05) is 24.2 Å². The van der Waals surface area contributed by atoms with Crippen LogP contribution in [0.2, 0.25) is 0 Å². The van der Waals surface area contributed by atoms with E-state index in [1.54, 1.807) is 0 Å². The van der Waals surface area contributed by atoms with Crippen molar-refractivity contribution < 1.29 is 4.57 Å². The minimum absolute atomic E-state index is 0.840. The molecule has 1 aromatic carbocycles. The fourth-order valence-corrected chi connectivity index (χ4v) is 4.26. The lowest BCUT2D eigenvalue weighted by molar-refractivity contribution is -0.648. The van der Waals surface area contributed by atoms with E-state index in [9.17, 15) is 0 Å². The van der Waals surface area contributed by atoms with E-state index in [1.165, 1.54) is 22.2 Å². The summed E-state index contributed by atoms with van der Waals surface area (Å²) in [5, 5.41) is 1.16. The second kappa shape index (κ2) is 4.79. The van der Waals surface area contributed by atoms with Gasteiger partial charge in [-0.15, -0.1) is 0 Å². The first kappa shape index (κ1) is 13.8. The zero-order chi connectivity index (χ0) is 17.3. The van der Waals surface area contributed by atoms with Crippen molar-refractivity contribution in [3.63, 3.8) is 0 Å². The largest absolute Gasteiger partial charge is 0.270 e. The smallest absolute Gasteiger partial charge is 0.264 e. The van der Waals surface area contributed by atoms with E-state index in [4.69, 9.17) is 4.98 Å². The van der Waals surface area contributed by atoms with Crippen LogP contribution in [-0.4, -0.2) is 19.1 Å². The Labute approximate surface area is 149 Å². The molecule has 0 bridgehead atoms. The maximum Gasteiger partial charge on any atom is 0.270 e. The van der Waals surface area contributed by atoms with Crippen LogP contribution in [0, 0.1) is 0 Å². The van der Waals surface area contributed by atoms with Gasteiger partial charge < -0.3 is 0 Å². The number of fused-ring (bicyclic) bond motifs is 7. The molecule has 0 N–H and O–H groups in total. The Kier molecular flexibility index (Phi) is 2.54. The summed E-state index contributed by atoms with van der Waals surface area (Å²) >= 11 is 0. The molecule has 5 heterocycles. The summed E-state index contributed by atoms with van der Waals surface area (Å²) in [6.07, 6.45) is 5.70. The molecule has 5 aromatic rings. The Bertz CT molecular complexity index is 1310. The molecule has 0 spiro atoms. The van der Waals surface area contributed by atoms with E-state index in [2.05, 4.69) is 68.2 Å². The Hall–Kier alpha value is -3.47. The van der Waals surface area contributed by atoms with Gasteiger partial charge in [0.05, 0.1) is 19.0 Å². The number of benzene rings is 1. The highest BCUT2D eigenvalue weighted by atomic mass is 15.3. The molecule has 26 heavy (non-hydrogen) atoms. The molecule has 0 saturated heterocycles. The lowest BCUT2D eigenvalue weighted by atomic mass is 10.2. The fourth-order valence-electron chi connectivity index (χ4n) is 4.26. The van der Waals surface area contributed by atoms with Gasteiger partial charge in [0.15, 0.2) is 5.52 Å². The van der Waals surface area contributed by atoms with Crippen LogP contribution >= 0.6 is 0 Å². The van der Waals surface area contributed by atoms with Gasteiger partial charge in [-0.1, -0.05) is 24.3 Å². The van der Waals surface area contributed by atoms with E-state index in [-0.39, 0.29) is 0 Å². The van der Waals surface area contributed by atoms with Crippen molar-refractivity contribution in [2.75, 3.05) is 0 Å². The molecule has 0 amide bonds. The van der Waals surface area contributed by atoms with Gasteiger partial charge in [0.2, 0.25) is 0 Å². The number of imidazole rings is 1. The first-order valence-corrected chi connectivity index (χ1v) is 8.71. The van der Waals surface area contributed by atoms with Crippen LogP contribution in [-0.2, 0) is 13.6 Å². The van der Waals surface area contributed by atoms with Crippen molar-refractivity contribution in [1.29, 1.82) is 0 Å². The number of aromatic nitrogens is 5. The zero-order valence-electron chi connectivity index (χ0n) is 14.3. The monoisotopic (exact) mass is 338 g/mol. The standard InChI is InChI=1S/C21H16N5/c1-24-17-9-11-22-12-16(17)19-21(24)25-13-14-6-5-10-23-18(14)20(25)26(19)15-7-3-2-4-8-15/h2-12H,13H2,1H3/q+1. The van der Waals surface area contributed by atoms with Crippen LogP contribution in [0.15, 0.2) is 67.1 Å². The molecule has 0 saturated carbocycles. The molecule has 0 fully saturated rings. The molecule has 1 aliphatic rings. The summed E-state index contributed by atoms with van der Waals surface area (Å²) in [4.78, 5) is 9.09. The molecule has 5 heteroatoms. The minimum Gasteiger partial charge on any atom is -0.264 e. The van der Waals surface area contributed by atoms with E-state index in [0.29, 0.717) is 0 Å². The first-order valence-electron chi connectivity index (χ1n) is 8.71. The highest BCUT2D eigenvalue weighted by molar-refractivity contribution is 6.05. The van der Waals surface area contributed by atoms with Crippen molar-refractivity contribution in [2.24, 2.45) is 7.05 Å². The normalized spacial score (nSPS) is 12.7. The summed E-state index contributed by atoms with van der Waals surface area (Å²) < 4.78 is 6.97. The molecular weight excluding hydrogens is 322 g/mol. The third-order valence-corrected chi connectivity index (χ3v) is 5.34. The first-order chi connectivity index (χ1) is 12.8.